The van der Waals surface area contributed by atoms with Crippen LogP contribution in [0.4, 0.5) is 9.39 Å². The van der Waals surface area contributed by atoms with E-state index in [2.05, 4.69) is 45.0 Å². The van der Waals surface area contributed by atoms with E-state index in [9.17, 15) is 4.39 Å². The standard InChI is InChI=1S/C23H29FN6S.HI/c1-3-25-23(28-19-8-11-29(12-9-19)22-5-4-14-31-22)27-16-18-6-7-21(20(24)15-18)30-13-10-26-17(30)2;/h4-7,10,13-15,19H,3,8-9,11-12,16H2,1-2H3,(H2,25,27,28);1H. The molecule has 0 spiro atoms. The van der Waals surface area contributed by atoms with Crippen molar-refractivity contribution in [1.82, 2.24) is 20.2 Å². The predicted molar refractivity (Wildman–Crippen MR) is 141 cm³/mol. The molecule has 2 aromatic heterocycles. The van der Waals surface area contributed by atoms with Crippen LogP contribution in [0.15, 0.2) is 53.1 Å². The molecule has 6 nitrogen and oxygen atoms in total. The first-order chi connectivity index (χ1) is 15.1. The number of nitrogens with one attached hydrogen (secondary N) is 2. The van der Waals surface area contributed by atoms with Crippen molar-refractivity contribution >= 4 is 46.3 Å². The minimum absolute atomic E-state index is 0. The van der Waals surface area contributed by atoms with Gasteiger partial charge in [0.05, 0.1) is 17.2 Å². The maximum absolute atomic E-state index is 14.7. The van der Waals surface area contributed by atoms with Gasteiger partial charge in [0.25, 0.3) is 0 Å². The molecular weight excluding hydrogens is 538 g/mol. The van der Waals surface area contributed by atoms with Crippen LogP contribution in [0.5, 0.6) is 0 Å². The van der Waals surface area contributed by atoms with Crippen LogP contribution < -0.4 is 15.5 Å². The van der Waals surface area contributed by atoms with Crippen molar-refractivity contribution in [3.05, 3.63) is 65.3 Å². The number of aromatic nitrogens is 2. The third-order valence-electron chi connectivity index (χ3n) is 5.51. The third-order valence-corrected chi connectivity index (χ3v) is 6.44. The van der Waals surface area contributed by atoms with E-state index >= 15 is 0 Å². The van der Waals surface area contributed by atoms with Gasteiger partial charge in [-0.3, -0.25) is 0 Å². The topological polar surface area (TPSA) is 57.5 Å². The van der Waals surface area contributed by atoms with Crippen LogP contribution in [0, 0.1) is 12.7 Å². The molecule has 1 saturated heterocycles. The number of benzene rings is 1. The monoisotopic (exact) mass is 568 g/mol. The normalized spacial score (nSPS) is 14.8. The van der Waals surface area contributed by atoms with Crippen molar-refractivity contribution < 1.29 is 4.39 Å². The molecule has 0 aliphatic carbocycles. The van der Waals surface area contributed by atoms with Gasteiger partial charge in [0.1, 0.15) is 11.6 Å². The zero-order chi connectivity index (χ0) is 21.6. The van der Waals surface area contributed by atoms with Gasteiger partial charge in [0.15, 0.2) is 5.96 Å². The van der Waals surface area contributed by atoms with E-state index in [-0.39, 0.29) is 29.8 Å². The second-order valence-corrected chi connectivity index (χ2v) is 8.61. The summed E-state index contributed by atoms with van der Waals surface area (Å²) in [6, 6.07) is 9.94. The summed E-state index contributed by atoms with van der Waals surface area (Å²) in [6.07, 6.45) is 5.57. The zero-order valence-corrected chi connectivity index (χ0v) is 21.6. The summed E-state index contributed by atoms with van der Waals surface area (Å²) < 4.78 is 16.4. The number of guanidine groups is 1. The van der Waals surface area contributed by atoms with Gasteiger partial charge in [-0.1, -0.05) is 6.07 Å². The molecule has 0 bridgehead atoms. The van der Waals surface area contributed by atoms with Crippen molar-refractivity contribution in [3.63, 3.8) is 0 Å². The Bertz CT molecular complexity index is 1010. The van der Waals surface area contributed by atoms with Gasteiger partial charge in [-0.25, -0.2) is 14.4 Å². The highest BCUT2D eigenvalue weighted by Gasteiger charge is 2.20. The lowest BCUT2D eigenvalue weighted by Gasteiger charge is -2.33. The lowest BCUT2D eigenvalue weighted by molar-refractivity contribution is 0.463. The van der Waals surface area contributed by atoms with Gasteiger partial charge in [-0.2, -0.15) is 0 Å². The quantitative estimate of drug-likeness (QED) is 0.257. The van der Waals surface area contributed by atoms with Crippen molar-refractivity contribution in [2.75, 3.05) is 24.5 Å². The largest absolute Gasteiger partial charge is 0.363 e. The Morgan fingerprint density at radius 2 is 2.09 bits per heavy atom. The maximum atomic E-state index is 14.7. The van der Waals surface area contributed by atoms with Crippen LogP contribution in [-0.4, -0.2) is 41.2 Å². The molecule has 3 heterocycles. The molecule has 172 valence electrons. The number of hydrogen-bond acceptors (Lipinski definition) is 4. The van der Waals surface area contributed by atoms with E-state index in [1.807, 2.05) is 13.0 Å². The van der Waals surface area contributed by atoms with Gasteiger partial charge in [-0.15, -0.1) is 35.3 Å². The van der Waals surface area contributed by atoms with Gasteiger partial charge in [0, 0.05) is 38.1 Å². The van der Waals surface area contributed by atoms with Crippen LogP contribution >= 0.6 is 35.3 Å². The van der Waals surface area contributed by atoms with Gasteiger partial charge >= 0.3 is 0 Å². The van der Waals surface area contributed by atoms with Crippen molar-refractivity contribution in [1.29, 1.82) is 0 Å². The molecule has 1 aromatic carbocycles. The van der Waals surface area contributed by atoms with Crippen LogP contribution in [0.2, 0.25) is 0 Å². The molecule has 0 amide bonds. The molecule has 1 fully saturated rings. The summed E-state index contributed by atoms with van der Waals surface area (Å²) in [6.45, 7) is 7.20. The lowest BCUT2D eigenvalue weighted by atomic mass is 10.1. The summed E-state index contributed by atoms with van der Waals surface area (Å²) in [5, 5.41) is 10.3. The molecule has 1 aliphatic heterocycles. The number of piperidine rings is 1. The maximum Gasteiger partial charge on any atom is 0.191 e. The zero-order valence-electron chi connectivity index (χ0n) is 18.4. The van der Waals surface area contributed by atoms with E-state index in [1.54, 1.807) is 40.4 Å². The number of nitrogens with zero attached hydrogens (tertiary/aromatic N) is 4. The summed E-state index contributed by atoms with van der Waals surface area (Å²) in [5.41, 5.74) is 1.34. The Kier molecular flexibility index (Phi) is 8.92. The minimum Gasteiger partial charge on any atom is -0.363 e. The molecule has 9 heteroatoms. The first kappa shape index (κ1) is 24.5. The van der Waals surface area contributed by atoms with E-state index < -0.39 is 0 Å². The van der Waals surface area contributed by atoms with Crippen molar-refractivity contribution in [3.8, 4) is 5.69 Å². The first-order valence-electron chi connectivity index (χ1n) is 10.8. The molecule has 32 heavy (non-hydrogen) atoms. The number of imidazole rings is 1. The van der Waals surface area contributed by atoms with Crippen LogP contribution in [-0.2, 0) is 6.54 Å². The molecule has 1 aliphatic rings. The SMILES string of the molecule is CCNC(=NCc1ccc(-n2ccnc2C)c(F)c1)NC1CCN(c2cccs2)CC1.I. The Balaban J connectivity index is 0.00000289. The molecule has 0 unspecified atom stereocenters. The number of aryl methyl sites for hydroxylation is 1. The summed E-state index contributed by atoms with van der Waals surface area (Å²) in [7, 11) is 0. The van der Waals surface area contributed by atoms with E-state index in [1.165, 1.54) is 5.00 Å². The van der Waals surface area contributed by atoms with Crippen molar-refractivity contribution in [2.24, 2.45) is 4.99 Å². The Morgan fingerprint density at radius 3 is 2.72 bits per heavy atom. The molecular formula is C23H30FIN6S. The molecule has 3 aromatic rings. The Labute approximate surface area is 210 Å². The fraction of sp³-hybridized carbons (Fsp3) is 0.391. The highest BCUT2D eigenvalue weighted by Crippen LogP contribution is 2.24. The molecule has 2 N–H and O–H groups in total. The Morgan fingerprint density at radius 1 is 1.28 bits per heavy atom. The predicted octanol–water partition coefficient (Wildman–Crippen LogP) is 4.72. The third kappa shape index (κ3) is 6.00. The van der Waals surface area contributed by atoms with Crippen LogP contribution in [0.1, 0.15) is 31.2 Å². The second-order valence-electron chi connectivity index (χ2n) is 7.68. The average Bonchev–Trinajstić information content (AvgIpc) is 3.45. The Hall–Kier alpha value is -2.14. The van der Waals surface area contributed by atoms with Crippen molar-refractivity contribution in [2.45, 2.75) is 39.3 Å². The van der Waals surface area contributed by atoms with Crippen LogP contribution in [0.25, 0.3) is 5.69 Å². The first-order valence-corrected chi connectivity index (χ1v) is 11.6. The number of thiophene rings is 1. The lowest BCUT2D eigenvalue weighted by Crippen LogP contribution is -2.48. The van der Waals surface area contributed by atoms with Gasteiger partial charge in [-0.05, 0) is 61.9 Å². The van der Waals surface area contributed by atoms with E-state index in [4.69, 9.17) is 4.99 Å². The summed E-state index contributed by atoms with van der Waals surface area (Å²) in [5.74, 6) is 1.27. The number of anilines is 1. The number of aliphatic imine (C=N–C) groups is 1. The molecule has 4 rings (SSSR count). The fourth-order valence-corrected chi connectivity index (χ4v) is 4.64. The van der Waals surface area contributed by atoms with E-state index in [0.717, 1.165) is 49.8 Å². The molecule has 0 radical (unpaired) electrons. The van der Waals surface area contributed by atoms with E-state index in [0.29, 0.717) is 18.3 Å². The number of hydrogen-bond donors (Lipinski definition) is 2. The van der Waals surface area contributed by atoms with Crippen LogP contribution in [0.3, 0.4) is 0 Å². The number of halogens is 2. The second kappa shape index (κ2) is 11.6. The van der Waals surface area contributed by atoms with Gasteiger partial charge in [0.2, 0.25) is 0 Å². The fourth-order valence-electron chi connectivity index (χ4n) is 3.85. The number of rotatable bonds is 6. The average molecular weight is 569 g/mol. The summed E-state index contributed by atoms with van der Waals surface area (Å²) >= 11 is 1.79. The molecule has 0 saturated carbocycles. The summed E-state index contributed by atoms with van der Waals surface area (Å²) in [4.78, 5) is 11.3. The highest BCUT2D eigenvalue weighted by atomic mass is 127. The smallest absolute Gasteiger partial charge is 0.191 e. The minimum atomic E-state index is -0.271. The molecule has 0 atom stereocenters. The van der Waals surface area contributed by atoms with Gasteiger partial charge < -0.3 is 20.1 Å². The highest BCUT2D eigenvalue weighted by molar-refractivity contribution is 14.0.